The molecule has 0 radical (unpaired) electrons. The third-order valence-electron chi connectivity index (χ3n) is 4.37. The van der Waals surface area contributed by atoms with E-state index in [2.05, 4.69) is 16.6 Å². The lowest BCUT2D eigenvalue weighted by Gasteiger charge is -2.26. The Kier molecular flexibility index (Phi) is 3.64. The van der Waals surface area contributed by atoms with Gasteiger partial charge in [0, 0.05) is 17.1 Å². The molecule has 1 saturated carbocycles. The Morgan fingerprint density at radius 3 is 2.65 bits per heavy atom. The van der Waals surface area contributed by atoms with E-state index in [0.717, 1.165) is 16.8 Å². The van der Waals surface area contributed by atoms with Crippen LogP contribution in [-0.4, -0.2) is 11.6 Å². The fourth-order valence-electron chi connectivity index (χ4n) is 3.21. The molecule has 1 aliphatic carbocycles. The van der Waals surface area contributed by atoms with E-state index in [0.29, 0.717) is 5.92 Å². The van der Waals surface area contributed by atoms with Gasteiger partial charge < -0.3 is 9.72 Å². The highest BCUT2D eigenvalue weighted by molar-refractivity contribution is 5.85. The van der Waals surface area contributed by atoms with E-state index in [1.165, 1.54) is 31.2 Å². The molecule has 0 saturated heterocycles. The van der Waals surface area contributed by atoms with Crippen molar-refractivity contribution in [1.82, 2.24) is 4.98 Å². The van der Waals surface area contributed by atoms with Crippen molar-refractivity contribution < 1.29 is 13.5 Å². The molecule has 3 rings (SSSR count). The molecular formula is C16H19F2NO. The van der Waals surface area contributed by atoms with Gasteiger partial charge in [-0.25, -0.2) is 0 Å². The lowest BCUT2D eigenvalue weighted by atomic mass is 9.79. The van der Waals surface area contributed by atoms with Crippen molar-refractivity contribution in [3.8, 4) is 5.75 Å². The Labute approximate surface area is 117 Å². The molecule has 0 unspecified atom stereocenters. The second-order valence-corrected chi connectivity index (χ2v) is 5.79. The Morgan fingerprint density at radius 2 is 1.95 bits per heavy atom. The first-order valence-corrected chi connectivity index (χ1v) is 7.19. The molecule has 1 aromatic carbocycles. The van der Waals surface area contributed by atoms with Crippen LogP contribution in [0.3, 0.4) is 0 Å². The van der Waals surface area contributed by atoms with Gasteiger partial charge >= 0.3 is 6.61 Å². The minimum atomic E-state index is -2.77. The Hall–Kier alpha value is -1.58. The van der Waals surface area contributed by atoms with Crippen molar-refractivity contribution >= 4 is 10.9 Å². The molecule has 0 atom stereocenters. The number of aromatic nitrogens is 1. The summed E-state index contributed by atoms with van der Waals surface area (Å²) in [5.41, 5.74) is 2.23. The third-order valence-corrected chi connectivity index (χ3v) is 4.37. The minimum Gasteiger partial charge on any atom is -0.435 e. The summed E-state index contributed by atoms with van der Waals surface area (Å²) in [6.45, 7) is -0.481. The summed E-state index contributed by atoms with van der Waals surface area (Å²) in [4.78, 5) is 3.23. The van der Waals surface area contributed by atoms with Crippen LogP contribution in [-0.2, 0) is 0 Å². The van der Waals surface area contributed by atoms with Gasteiger partial charge in [-0.2, -0.15) is 8.78 Å². The monoisotopic (exact) mass is 279 g/mol. The Morgan fingerprint density at radius 1 is 1.20 bits per heavy atom. The number of alkyl halides is 2. The molecule has 0 spiro atoms. The van der Waals surface area contributed by atoms with Gasteiger partial charge in [0.15, 0.2) is 0 Å². The van der Waals surface area contributed by atoms with E-state index >= 15 is 0 Å². The fourth-order valence-corrected chi connectivity index (χ4v) is 3.21. The van der Waals surface area contributed by atoms with Crippen molar-refractivity contribution in [2.24, 2.45) is 5.92 Å². The van der Waals surface area contributed by atoms with Gasteiger partial charge in [0.05, 0.1) is 0 Å². The molecule has 1 heterocycles. The molecule has 1 fully saturated rings. The SMILES string of the molecule is CC1CCC(c2c[nH]c3ccc(OC(F)F)cc23)CC1. The number of aromatic amines is 1. The van der Waals surface area contributed by atoms with E-state index < -0.39 is 6.61 Å². The van der Waals surface area contributed by atoms with Gasteiger partial charge in [-0.3, -0.25) is 0 Å². The molecule has 0 bridgehead atoms. The summed E-state index contributed by atoms with van der Waals surface area (Å²) in [7, 11) is 0. The zero-order valence-corrected chi connectivity index (χ0v) is 11.5. The second kappa shape index (κ2) is 5.43. The number of nitrogens with one attached hydrogen (secondary N) is 1. The Balaban J connectivity index is 1.90. The smallest absolute Gasteiger partial charge is 0.387 e. The van der Waals surface area contributed by atoms with Crippen molar-refractivity contribution in [3.63, 3.8) is 0 Å². The van der Waals surface area contributed by atoms with Gasteiger partial charge in [-0.1, -0.05) is 19.8 Å². The van der Waals surface area contributed by atoms with Gasteiger partial charge in [-0.15, -0.1) is 0 Å². The standard InChI is InChI=1S/C16H19F2NO/c1-10-2-4-11(5-3-10)14-9-19-15-7-6-12(8-13(14)15)20-16(17)18/h6-11,16,19H,2-5H2,1H3. The summed E-state index contributed by atoms with van der Waals surface area (Å²) in [6.07, 6.45) is 6.86. The van der Waals surface area contributed by atoms with E-state index in [9.17, 15) is 8.78 Å². The largest absolute Gasteiger partial charge is 0.435 e. The van der Waals surface area contributed by atoms with Crippen LogP contribution in [0.15, 0.2) is 24.4 Å². The van der Waals surface area contributed by atoms with Gasteiger partial charge in [0.2, 0.25) is 0 Å². The van der Waals surface area contributed by atoms with Crippen molar-refractivity contribution in [3.05, 3.63) is 30.0 Å². The van der Waals surface area contributed by atoms with Crippen LogP contribution in [0.2, 0.25) is 0 Å². The fraction of sp³-hybridized carbons (Fsp3) is 0.500. The van der Waals surface area contributed by atoms with Crippen LogP contribution < -0.4 is 4.74 Å². The highest BCUT2D eigenvalue weighted by Gasteiger charge is 2.22. The van der Waals surface area contributed by atoms with Crippen LogP contribution in [0.4, 0.5) is 8.78 Å². The highest BCUT2D eigenvalue weighted by atomic mass is 19.3. The normalized spacial score (nSPS) is 23.4. The molecule has 2 aromatic rings. The first-order valence-electron chi connectivity index (χ1n) is 7.19. The minimum absolute atomic E-state index is 0.234. The third kappa shape index (κ3) is 2.65. The average Bonchev–Trinajstić information content (AvgIpc) is 2.82. The summed E-state index contributed by atoms with van der Waals surface area (Å²) in [5, 5.41) is 1.02. The van der Waals surface area contributed by atoms with E-state index in [1.54, 1.807) is 12.1 Å². The lowest BCUT2D eigenvalue weighted by molar-refractivity contribution is -0.0497. The lowest BCUT2D eigenvalue weighted by Crippen LogP contribution is -2.10. The molecule has 1 aromatic heterocycles. The number of ether oxygens (including phenoxy) is 1. The topological polar surface area (TPSA) is 25.0 Å². The van der Waals surface area contributed by atoms with E-state index in [4.69, 9.17) is 0 Å². The maximum absolute atomic E-state index is 12.3. The number of halogens is 2. The first kappa shape index (κ1) is 13.4. The number of benzene rings is 1. The molecule has 1 N–H and O–H groups in total. The predicted molar refractivity (Wildman–Crippen MR) is 75.3 cm³/mol. The molecule has 20 heavy (non-hydrogen) atoms. The number of hydrogen-bond acceptors (Lipinski definition) is 1. The maximum atomic E-state index is 12.3. The molecule has 2 nitrogen and oxygen atoms in total. The number of hydrogen-bond donors (Lipinski definition) is 1. The molecule has 0 aliphatic heterocycles. The van der Waals surface area contributed by atoms with Crippen LogP contribution in [0.1, 0.15) is 44.1 Å². The number of H-pyrrole nitrogens is 1. The molecular weight excluding hydrogens is 260 g/mol. The molecule has 108 valence electrons. The summed E-state index contributed by atoms with van der Waals surface area (Å²) in [6, 6.07) is 5.12. The zero-order chi connectivity index (χ0) is 14.1. The molecule has 1 aliphatic rings. The van der Waals surface area contributed by atoms with Crippen molar-refractivity contribution in [1.29, 1.82) is 0 Å². The van der Waals surface area contributed by atoms with Crippen molar-refractivity contribution in [2.75, 3.05) is 0 Å². The molecule has 4 heteroatoms. The van der Waals surface area contributed by atoms with Gasteiger partial charge in [0.25, 0.3) is 0 Å². The summed E-state index contributed by atoms with van der Waals surface area (Å²) in [5.74, 6) is 1.56. The highest BCUT2D eigenvalue weighted by Crippen LogP contribution is 2.39. The predicted octanol–water partition coefficient (Wildman–Crippen LogP) is 5.06. The van der Waals surface area contributed by atoms with E-state index in [1.807, 2.05) is 12.3 Å². The van der Waals surface area contributed by atoms with Crippen LogP contribution in [0.5, 0.6) is 5.75 Å². The van der Waals surface area contributed by atoms with Crippen LogP contribution in [0, 0.1) is 5.92 Å². The molecule has 0 amide bonds. The first-order chi connectivity index (χ1) is 9.63. The maximum Gasteiger partial charge on any atom is 0.387 e. The van der Waals surface area contributed by atoms with E-state index in [-0.39, 0.29) is 5.75 Å². The van der Waals surface area contributed by atoms with Crippen LogP contribution >= 0.6 is 0 Å². The number of fused-ring (bicyclic) bond motifs is 1. The van der Waals surface area contributed by atoms with Crippen molar-refractivity contribution in [2.45, 2.75) is 45.1 Å². The van der Waals surface area contributed by atoms with Gasteiger partial charge in [-0.05, 0) is 48.4 Å². The second-order valence-electron chi connectivity index (χ2n) is 5.79. The quantitative estimate of drug-likeness (QED) is 0.834. The summed E-state index contributed by atoms with van der Waals surface area (Å²) >= 11 is 0. The summed E-state index contributed by atoms with van der Waals surface area (Å²) < 4.78 is 29.1. The Bertz CT molecular complexity index is 585. The van der Waals surface area contributed by atoms with Crippen LogP contribution in [0.25, 0.3) is 10.9 Å². The average molecular weight is 279 g/mol. The zero-order valence-electron chi connectivity index (χ0n) is 11.5. The number of rotatable bonds is 3. The van der Waals surface area contributed by atoms with Gasteiger partial charge in [0.1, 0.15) is 5.75 Å².